The van der Waals surface area contributed by atoms with E-state index in [-0.39, 0.29) is 22.2 Å². The summed E-state index contributed by atoms with van der Waals surface area (Å²) < 4.78 is 0. The number of carbonyl (C=O) groups is 2. The molecule has 1 unspecified atom stereocenters. The Labute approximate surface area is 119 Å². The number of carbonyl (C=O) groups excluding carboxylic acids is 2. The normalized spacial score (nSPS) is 23.9. The molecule has 2 aliphatic rings. The molecule has 0 bridgehead atoms. The summed E-state index contributed by atoms with van der Waals surface area (Å²) in [5, 5.41) is 0. The van der Waals surface area contributed by atoms with Gasteiger partial charge in [-0.1, -0.05) is 38.4 Å². The zero-order valence-electron chi connectivity index (χ0n) is 11.5. The van der Waals surface area contributed by atoms with Crippen molar-refractivity contribution in [2.45, 2.75) is 64.3 Å². The molecule has 2 amide bonds. The van der Waals surface area contributed by atoms with Crippen molar-refractivity contribution in [3.8, 4) is 0 Å². The summed E-state index contributed by atoms with van der Waals surface area (Å²) in [6.07, 6.45) is 6.77. The van der Waals surface area contributed by atoms with Crippen molar-refractivity contribution in [1.82, 2.24) is 4.90 Å². The lowest BCUT2D eigenvalue weighted by atomic mass is 9.76. The quantitative estimate of drug-likeness (QED) is 0.634. The summed E-state index contributed by atoms with van der Waals surface area (Å²) >= 11 is 5.03. The Bertz CT molecular complexity index is 382. The zero-order chi connectivity index (χ0) is 14.0. The van der Waals surface area contributed by atoms with Crippen LogP contribution < -0.4 is 5.73 Å². The number of amides is 2. The Morgan fingerprint density at radius 1 is 1.32 bits per heavy atom. The van der Waals surface area contributed by atoms with Crippen LogP contribution in [0.15, 0.2) is 0 Å². The van der Waals surface area contributed by atoms with Gasteiger partial charge in [0.2, 0.25) is 11.8 Å². The third-order valence-corrected chi connectivity index (χ3v) is 4.73. The highest BCUT2D eigenvalue weighted by Crippen LogP contribution is 2.47. The van der Waals surface area contributed by atoms with Gasteiger partial charge in [-0.25, -0.2) is 0 Å². The lowest BCUT2D eigenvalue weighted by Crippen LogP contribution is -2.55. The molecule has 106 valence electrons. The predicted molar refractivity (Wildman–Crippen MR) is 77.5 cm³/mol. The molecule has 1 heterocycles. The second kappa shape index (κ2) is 5.57. The molecule has 0 radical (unpaired) electrons. The number of nitrogens with zero attached hydrogens (tertiary/aromatic N) is 1. The Kier molecular flexibility index (Phi) is 4.23. The molecule has 2 N–H and O–H groups in total. The zero-order valence-corrected chi connectivity index (χ0v) is 12.3. The number of hydrogen-bond acceptors (Lipinski definition) is 3. The molecule has 2 fully saturated rings. The van der Waals surface area contributed by atoms with E-state index in [0.29, 0.717) is 19.3 Å². The first-order chi connectivity index (χ1) is 8.99. The molecule has 2 rings (SSSR count). The summed E-state index contributed by atoms with van der Waals surface area (Å²) in [4.78, 5) is 26.4. The maximum atomic E-state index is 12.4. The van der Waals surface area contributed by atoms with Gasteiger partial charge in [0.25, 0.3) is 0 Å². The fourth-order valence-corrected chi connectivity index (χ4v) is 3.74. The van der Waals surface area contributed by atoms with Crippen molar-refractivity contribution in [2.24, 2.45) is 11.1 Å². The molecule has 5 heteroatoms. The average molecular weight is 282 g/mol. The number of imide groups is 1. The van der Waals surface area contributed by atoms with Crippen molar-refractivity contribution in [3.05, 3.63) is 0 Å². The van der Waals surface area contributed by atoms with Crippen molar-refractivity contribution in [2.75, 3.05) is 0 Å². The molecule has 0 aromatic rings. The van der Waals surface area contributed by atoms with Crippen LogP contribution >= 0.6 is 12.2 Å². The van der Waals surface area contributed by atoms with E-state index in [0.717, 1.165) is 32.1 Å². The predicted octanol–water partition coefficient (Wildman–Crippen LogP) is 2.15. The van der Waals surface area contributed by atoms with E-state index < -0.39 is 6.04 Å². The smallest absolute Gasteiger partial charge is 0.230 e. The lowest BCUT2D eigenvalue weighted by molar-refractivity contribution is -0.154. The molecule has 0 aromatic carbocycles. The monoisotopic (exact) mass is 282 g/mol. The van der Waals surface area contributed by atoms with Gasteiger partial charge in [-0.05, 0) is 24.7 Å². The van der Waals surface area contributed by atoms with E-state index in [9.17, 15) is 9.59 Å². The van der Waals surface area contributed by atoms with E-state index in [1.165, 1.54) is 4.90 Å². The summed E-state index contributed by atoms with van der Waals surface area (Å²) in [6, 6.07) is -0.390. The third-order valence-electron chi connectivity index (χ3n) is 4.46. The highest BCUT2D eigenvalue weighted by Gasteiger charge is 2.47. The van der Waals surface area contributed by atoms with Crippen LogP contribution in [0.25, 0.3) is 0 Å². The minimum absolute atomic E-state index is 0.0579. The Morgan fingerprint density at radius 3 is 2.26 bits per heavy atom. The molecular weight excluding hydrogens is 260 g/mol. The molecule has 1 aliphatic carbocycles. The van der Waals surface area contributed by atoms with Crippen LogP contribution in [0, 0.1) is 5.41 Å². The fourth-order valence-electron chi connectivity index (χ4n) is 3.51. The molecule has 1 aliphatic heterocycles. The van der Waals surface area contributed by atoms with E-state index in [1.807, 2.05) is 6.92 Å². The molecule has 1 saturated carbocycles. The molecule has 0 aromatic heterocycles. The topological polar surface area (TPSA) is 63.4 Å². The molecule has 4 nitrogen and oxygen atoms in total. The summed E-state index contributed by atoms with van der Waals surface area (Å²) in [5.74, 6) is -0.159. The van der Waals surface area contributed by atoms with Crippen LogP contribution in [0.5, 0.6) is 0 Å². The standard InChI is InChI=1S/C14H22N2O2S/c1-2-5-10(13(15)19)16-11(17)8-14(9-12(16)18)6-3-4-7-14/h10H,2-9H2,1H3,(H2,15,19). The van der Waals surface area contributed by atoms with Crippen LogP contribution in [0.4, 0.5) is 0 Å². The third kappa shape index (κ3) is 2.81. The van der Waals surface area contributed by atoms with Gasteiger partial charge in [0.15, 0.2) is 0 Å². The SMILES string of the molecule is CCCC(C(N)=S)N1C(=O)CC2(CCCC2)CC1=O. The lowest BCUT2D eigenvalue weighted by Gasteiger charge is -2.40. The van der Waals surface area contributed by atoms with Crippen LogP contribution in [0.1, 0.15) is 58.3 Å². The summed E-state index contributed by atoms with van der Waals surface area (Å²) in [5.41, 5.74) is 5.65. The molecular formula is C14H22N2O2S. The Hall–Kier alpha value is -0.970. The number of rotatable bonds is 4. The number of piperidine rings is 1. The fraction of sp³-hybridized carbons (Fsp3) is 0.786. The van der Waals surface area contributed by atoms with Gasteiger partial charge in [0.1, 0.15) is 0 Å². The highest BCUT2D eigenvalue weighted by molar-refractivity contribution is 7.80. The van der Waals surface area contributed by atoms with Gasteiger partial charge in [0.05, 0.1) is 11.0 Å². The molecule has 19 heavy (non-hydrogen) atoms. The van der Waals surface area contributed by atoms with Crippen LogP contribution in [-0.4, -0.2) is 27.7 Å². The van der Waals surface area contributed by atoms with Gasteiger partial charge in [-0.2, -0.15) is 0 Å². The largest absolute Gasteiger partial charge is 0.392 e. The Balaban J connectivity index is 2.17. The number of hydrogen-bond donors (Lipinski definition) is 1. The van der Waals surface area contributed by atoms with E-state index in [2.05, 4.69) is 0 Å². The van der Waals surface area contributed by atoms with E-state index in [1.54, 1.807) is 0 Å². The van der Waals surface area contributed by atoms with Crippen molar-refractivity contribution in [3.63, 3.8) is 0 Å². The molecule has 1 spiro atoms. The van der Waals surface area contributed by atoms with Crippen molar-refractivity contribution >= 4 is 29.0 Å². The second-order valence-corrected chi connectivity index (χ2v) is 6.40. The van der Waals surface area contributed by atoms with Gasteiger partial charge < -0.3 is 5.73 Å². The molecule has 1 atom stereocenters. The number of thiocarbonyl (C=S) groups is 1. The first-order valence-electron chi connectivity index (χ1n) is 7.13. The van der Waals surface area contributed by atoms with Crippen molar-refractivity contribution in [1.29, 1.82) is 0 Å². The first-order valence-corrected chi connectivity index (χ1v) is 7.54. The minimum Gasteiger partial charge on any atom is -0.392 e. The van der Waals surface area contributed by atoms with E-state index in [4.69, 9.17) is 18.0 Å². The number of nitrogens with two attached hydrogens (primary N) is 1. The molecule has 1 saturated heterocycles. The summed E-state index contributed by atoms with van der Waals surface area (Å²) in [7, 11) is 0. The van der Waals surface area contributed by atoms with E-state index >= 15 is 0 Å². The van der Waals surface area contributed by atoms with Gasteiger partial charge >= 0.3 is 0 Å². The van der Waals surface area contributed by atoms with Gasteiger partial charge in [0, 0.05) is 12.8 Å². The summed E-state index contributed by atoms with van der Waals surface area (Å²) in [6.45, 7) is 2.00. The van der Waals surface area contributed by atoms with Gasteiger partial charge in [-0.3, -0.25) is 14.5 Å². The Morgan fingerprint density at radius 2 is 1.84 bits per heavy atom. The average Bonchev–Trinajstić information content (AvgIpc) is 2.74. The second-order valence-electron chi connectivity index (χ2n) is 5.92. The van der Waals surface area contributed by atoms with Crippen LogP contribution in [0.2, 0.25) is 0 Å². The number of likely N-dealkylation sites (tertiary alicyclic amines) is 1. The highest BCUT2D eigenvalue weighted by atomic mass is 32.1. The first kappa shape index (κ1) is 14.4. The van der Waals surface area contributed by atoms with Crippen LogP contribution in [-0.2, 0) is 9.59 Å². The maximum absolute atomic E-state index is 12.4. The maximum Gasteiger partial charge on any atom is 0.230 e. The minimum atomic E-state index is -0.390. The van der Waals surface area contributed by atoms with Crippen LogP contribution in [0.3, 0.4) is 0 Å². The van der Waals surface area contributed by atoms with Crippen molar-refractivity contribution < 1.29 is 9.59 Å². The van der Waals surface area contributed by atoms with Gasteiger partial charge in [-0.15, -0.1) is 0 Å².